The predicted molar refractivity (Wildman–Crippen MR) is 99.4 cm³/mol. The number of alkyl halides is 6. The summed E-state index contributed by atoms with van der Waals surface area (Å²) in [6.07, 6.45) is -7.64. The summed E-state index contributed by atoms with van der Waals surface area (Å²) in [6, 6.07) is -1.14. The Bertz CT molecular complexity index is 999. The van der Waals surface area contributed by atoms with Gasteiger partial charge in [0.15, 0.2) is 15.5 Å². The van der Waals surface area contributed by atoms with Crippen molar-refractivity contribution in [3.63, 3.8) is 0 Å². The van der Waals surface area contributed by atoms with Crippen LogP contribution in [0.25, 0.3) is 0 Å². The van der Waals surface area contributed by atoms with Gasteiger partial charge in [-0.3, -0.25) is 4.79 Å². The van der Waals surface area contributed by atoms with E-state index in [0.717, 1.165) is 4.90 Å². The lowest BCUT2D eigenvalue weighted by Gasteiger charge is -2.33. The van der Waals surface area contributed by atoms with E-state index in [1.54, 1.807) is 0 Å². The number of nitrogens with zero attached hydrogens (tertiary/aromatic N) is 3. The van der Waals surface area contributed by atoms with Crippen LogP contribution in [0.3, 0.4) is 0 Å². The molecule has 1 aromatic heterocycles. The molecule has 4 atom stereocenters. The Morgan fingerprint density at radius 1 is 1.06 bits per heavy atom. The number of fused-ring (bicyclic) bond motifs is 2. The van der Waals surface area contributed by atoms with Gasteiger partial charge in [0, 0.05) is 25.3 Å². The molecule has 1 aromatic rings. The number of nitrogens with one attached hydrogen (secondary N) is 1. The first-order valence-electron chi connectivity index (χ1n) is 10.0. The summed E-state index contributed by atoms with van der Waals surface area (Å²) in [6.45, 7) is -0.534. The van der Waals surface area contributed by atoms with Gasteiger partial charge < -0.3 is 10.2 Å². The zero-order chi connectivity index (χ0) is 23.5. The van der Waals surface area contributed by atoms with E-state index in [0.29, 0.717) is 25.5 Å². The molecular weight excluding hydrogens is 466 g/mol. The third-order valence-corrected chi connectivity index (χ3v) is 8.12. The molecule has 4 rings (SSSR count). The maximum absolute atomic E-state index is 13.6. The van der Waals surface area contributed by atoms with E-state index in [1.165, 1.54) is 0 Å². The molecule has 178 valence electrons. The maximum atomic E-state index is 13.6. The molecular formula is C18H20F6N4O3S. The van der Waals surface area contributed by atoms with Gasteiger partial charge >= 0.3 is 12.4 Å². The van der Waals surface area contributed by atoms with Crippen molar-refractivity contribution in [1.82, 2.24) is 14.9 Å². The minimum Gasteiger partial charge on any atom is -0.351 e. The SMILES string of the molecule is O=C(c1cnc(N[C@@H]2[C@H]3CC[C@H](C3)[C@H]2C(F)(F)F)nc1C(F)(F)F)N1CCS(=O)(=O)CC1. The summed E-state index contributed by atoms with van der Waals surface area (Å²) < 4.78 is 105. The molecule has 3 fully saturated rings. The third-order valence-electron chi connectivity index (χ3n) is 6.51. The van der Waals surface area contributed by atoms with Crippen LogP contribution in [0.1, 0.15) is 35.3 Å². The Balaban J connectivity index is 1.60. The van der Waals surface area contributed by atoms with E-state index in [9.17, 15) is 39.6 Å². The van der Waals surface area contributed by atoms with Crippen LogP contribution in [-0.2, 0) is 16.0 Å². The summed E-state index contributed by atoms with van der Waals surface area (Å²) in [7, 11) is -3.36. The second-order valence-corrected chi connectivity index (χ2v) is 10.8. The van der Waals surface area contributed by atoms with E-state index in [1.807, 2.05) is 0 Å². The molecule has 7 nitrogen and oxygen atoms in total. The number of hydrogen-bond acceptors (Lipinski definition) is 6. The van der Waals surface area contributed by atoms with Crippen LogP contribution in [0.15, 0.2) is 6.20 Å². The van der Waals surface area contributed by atoms with Crippen molar-refractivity contribution < 1.29 is 39.6 Å². The topological polar surface area (TPSA) is 92.3 Å². The van der Waals surface area contributed by atoms with E-state index >= 15 is 0 Å². The zero-order valence-electron chi connectivity index (χ0n) is 16.6. The largest absolute Gasteiger partial charge is 0.434 e. The fourth-order valence-corrected chi connectivity index (χ4v) is 6.23. The van der Waals surface area contributed by atoms with Crippen molar-refractivity contribution in [1.29, 1.82) is 0 Å². The first-order chi connectivity index (χ1) is 14.8. The second-order valence-electron chi connectivity index (χ2n) is 8.47. The fourth-order valence-electron chi connectivity index (χ4n) is 5.03. The first kappa shape index (κ1) is 23.1. The summed E-state index contributed by atoms with van der Waals surface area (Å²) in [5.41, 5.74) is -2.44. The Hall–Kier alpha value is -2.12. The van der Waals surface area contributed by atoms with Crippen LogP contribution in [0.2, 0.25) is 0 Å². The summed E-state index contributed by atoms with van der Waals surface area (Å²) in [4.78, 5) is 20.7. The minimum atomic E-state index is -5.07. The fraction of sp³-hybridized carbons (Fsp3) is 0.722. The average molecular weight is 486 g/mol. The van der Waals surface area contributed by atoms with E-state index in [-0.39, 0.29) is 30.5 Å². The van der Waals surface area contributed by atoms with Gasteiger partial charge in [0.25, 0.3) is 5.91 Å². The standard InChI is InChI=1S/C18H20F6N4O3S/c19-17(20,21)12-9-1-2-10(7-9)13(12)26-16-25-8-11(14(27-16)18(22,23)24)15(29)28-3-5-32(30,31)6-4-28/h8-10,12-13H,1-7H2,(H,25,26,27)/t9-,10+,12-,13-/m1/s1. The third kappa shape index (κ3) is 4.37. The molecule has 32 heavy (non-hydrogen) atoms. The Morgan fingerprint density at radius 3 is 2.28 bits per heavy atom. The van der Waals surface area contributed by atoms with Crippen molar-refractivity contribution in [3.8, 4) is 0 Å². The Labute approximate surface area is 179 Å². The molecule has 2 bridgehead atoms. The van der Waals surface area contributed by atoms with Gasteiger partial charge in [-0.1, -0.05) is 0 Å². The van der Waals surface area contributed by atoms with Crippen molar-refractivity contribution in [2.45, 2.75) is 37.7 Å². The highest BCUT2D eigenvalue weighted by molar-refractivity contribution is 7.91. The van der Waals surface area contributed by atoms with Crippen LogP contribution in [0.4, 0.5) is 32.3 Å². The summed E-state index contributed by atoms with van der Waals surface area (Å²) >= 11 is 0. The molecule has 1 aliphatic heterocycles. The average Bonchev–Trinajstić information content (AvgIpc) is 3.28. The highest BCUT2D eigenvalue weighted by atomic mass is 32.2. The molecule has 1 amide bonds. The van der Waals surface area contributed by atoms with Crippen LogP contribution in [-0.4, -0.2) is 66.0 Å². The van der Waals surface area contributed by atoms with Crippen LogP contribution in [0.5, 0.6) is 0 Å². The number of amides is 1. The molecule has 2 saturated carbocycles. The lowest BCUT2D eigenvalue weighted by molar-refractivity contribution is -0.189. The van der Waals surface area contributed by atoms with Gasteiger partial charge in [-0.25, -0.2) is 18.4 Å². The van der Waals surface area contributed by atoms with Crippen LogP contribution < -0.4 is 5.32 Å². The highest BCUT2D eigenvalue weighted by Gasteiger charge is 2.59. The van der Waals surface area contributed by atoms with Crippen molar-refractivity contribution in [2.24, 2.45) is 17.8 Å². The Kier molecular flexibility index (Phi) is 5.57. The highest BCUT2D eigenvalue weighted by Crippen LogP contribution is 2.54. The number of halogens is 6. The number of sulfone groups is 1. The molecule has 0 aromatic carbocycles. The number of aromatic nitrogens is 2. The van der Waals surface area contributed by atoms with E-state index in [2.05, 4.69) is 15.3 Å². The molecule has 0 unspecified atom stereocenters. The van der Waals surface area contributed by atoms with Gasteiger partial charge in [0.1, 0.15) is 0 Å². The van der Waals surface area contributed by atoms with Crippen LogP contribution >= 0.6 is 0 Å². The van der Waals surface area contributed by atoms with Gasteiger partial charge in [0.05, 0.1) is 23.0 Å². The number of carbonyl (C=O) groups excluding carboxylic acids is 1. The molecule has 3 aliphatic rings. The van der Waals surface area contributed by atoms with E-state index < -0.39 is 63.2 Å². The number of anilines is 1. The zero-order valence-corrected chi connectivity index (χ0v) is 17.4. The first-order valence-corrected chi connectivity index (χ1v) is 11.9. The monoisotopic (exact) mass is 486 g/mol. The number of carbonyl (C=O) groups is 1. The molecule has 1 N–H and O–H groups in total. The molecule has 0 spiro atoms. The lowest BCUT2D eigenvalue weighted by atomic mass is 9.84. The predicted octanol–water partition coefficient (Wildman–Crippen LogP) is 2.75. The van der Waals surface area contributed by atoms with Crippen LogP contribution in [0, 0.1) is 17.8 Å². The van der Waals surface area contributed by atoms with E-state index in [4.69, 9.17) is 0 Å². The summed E-state index contributed by atoms with van der Waals surface area (Å²) in [5, 5.41) is 2.45. The van der Waals surface area contributed by atoms with Crippen molar-refractivity contribution in [3.05, 3.63) is 17.5 Å². The molecule has 14 heteroatoms. The van der Waals surface area contributed by atoms with Gasteiger partial charge in [-0.2, -0.15) is 26.3 Å². The normalized spacial score (nSPS) is 29.9. The maximum Gasteiger partial charge on any atom is 0.434 e. The molecule has 2 heterocycles. The second kappa shape index (κ2) is 7.73. The smallest absolute Gasteiger partial charge is 0.351 e. The summed E-state index contributed by atoms with van der Waals surface area (Å²) in [5.74, 6) is -5.07. The van der Waals surface area contributed by atoms with Gasteiger partial charge in [-0.05, 0) is 31.1 Å². The molecule has 1 saturated heterocycles. The number of rotatable bonds is 3. The van der Waals surface area contributed by atoms with Crippen molar-refractivity contribution >= 4 is 21.7 Å². The quantitative estimate of drug-likeness (QED) is 0.661. The minimum absolute atomic E-state index is 0.267. The van der Waals surface area contributed by atoms with Gasteiger partial charge in [-0.15, -0.1) is 0 Å². The molecule has 2 aliphatic carbocycles. The number of hydrogen-bond donors (Lipinski definition) is 1. The lowest BCUT2D eigenvalue weighted by Crippen LogP contribution is -2.44. The van der Waals surface area contributed by atoms with Gasteiger partial charge in [0.2, 0.25) is 5.95 Å². The Morgan fingerprint density at radius 2 is 1.69 bits per heavy atom. The van der Waals surface area contributed by atoms with Crippen molar-refractivity contribution in [2.75, 3.05) is 29.9 Å². The molecule has 0 radical (unpaired) electrons.